The smallest absolute Gasteiger partial charge is 0.161 e. The number of rotatable bonds is 7. The van der Waals surface area contributed by atoms with Crippen LogP contribution in [0.5, 0.6) is 11.5 Å². The molecule has 0 aliphatic rings. The van der Waals surface area contributed by atoms with Gasteiger partial charge in [0, 0.05) is 19.1 Å². The van der Waals surface area contributed by atoms with Crippen molar-refractivity contribution in [3.8, 4) is 11.5 Å². The number of benzene rings is 1. The zero-order valence-corrected chi connectivity index (χ0v) is 13.5. The van der Waals surface area contributed by atoms with Crippen LogP contribution in [-0.2, 0) is 16.1 Å². The fraction of sp³-hybridized carbons (Fsp3) is 0.375. The van der Waals surface area contributed by atoms with Gasteiger partial charge in [0.25, 0.3) is 0 Å². The van der Waals surface area contributed by atoms with Gasteiger partial charge in [-0.3, -0.25) is 0 Å². The first kappa shape index (κ1) is 15.8. The number of ether oxygens (including phenoxy) is 4. The third-order valence-electron chi connectivity index (χ3n) is 3.26. The molecule has 0 aliphatic heterocycles. The van der Waals surface area contributed by atoms with Gasteiger partial charge in [-0.1, -0.05) is 6.07 Å². The van der Waals surface area contributed by atoms with Crippen molar-refractivity contribution in [2.24, 2.45) is 0 Å². The van der Waals surface area contributed by atoms with E-state index in [-0.39, 0.29) is 6.10 Å². The summed E-state index contributed by atoms with van der Waals surface area (Å²) in [6.45, 7) is 0.575. The van der Waals surface area contributed by atoms with Crippen LogP contribution in [0.1, 0.15) is 22.1 Å². The maximum absolute atomic E-state index is 5.70. The molecule has 2 rings (SSSR count). The monoisotopic (exact) mass is 308 g/mol. The normalized spacial score (nSPS) is 12.2. The Morgan fingerprint density at radius 1 is 1.00 bits per heavy atom. The molecule has 1 atom stereocenters. The van der Waals surface area contributed by atoms with Gasteiger partial charge in [-0.25, -0.2) is 0 Å². The summed E-state index contributed by atoms with van der Waals surface area (Å²) in [5, 5.41) is 2.05. The van der Waals surface area contributed by atoms with Crippen LogP contribution in [0.25, 0.3) is 0 Å². The Labute approximate surface area is 129 Å². The predicted octanol–water partition coefficient (Wildman–Crippen LogP) is 3.65. The second kappa shape index (κ2) is 7.45. The van der Waals surface area contributed by atoms with Crippen molar-refractivity contribution < 1.29 is 18.9 Å². The van der Waals surface area contributed by atoms with Crippen LogP contribution in [0.2, 0.25) is 0 Å². The number of methoxy groups -OCH3 is 4. The molecule has 0 saturated heterocycles. The molecule has 0 N–H and O–H groups in total. The van der Waals surface area contributed by atoms with Gasteiger partial charge in [0.2, 0.25) is 0 Å². The van der Waals surface area contributed by atoms with E-state index in [1.165, 1.54) is 0 Å². The molecule has 0 fully saturated rings. The fourth-order valence-electron chi connectivity index (χ4n) is 2.26. The number of hydrogen-bond donors (Lipinski definition) is 0. The predicted molar refractivity (Wildman–Crippen MR) is 83.4 cm³/mol. The minimum atomic E-state index is -0.144. The molecule has 114 valence electrons. The molecule has 0 radical (unpaired) electrons. The largest absolute Gasteiger partial charge is 0.493 e. The molecule has 0 aliphatic carbocycles. The molecular weight excluding hydrogens is 288 g/mol. The SMILES string of the molecule is COCc1ccsc1C(OC)c1ccc(OC)c(OC)c1. The van der Waals surface area contributed by atoms with Gasteiger partial charge >= 0.3 is 0 Å². The lowest BCUT2D eigenvalue weighted by Gasteiger charge is -2.18. The van der Waals surface area contributed by atoms with E-state index >= 15 is 0 Å². The Balaban J connectivity index is 2.39. The van der Waals surface area contributed by atoms with Gasteiger partial charge in [-0.2, -0.15) is 0 Å². The van der Waals surface area contributed by atoms with Crippen LogP contribution >= 0.6 is 11.3 Å². The van der Waals surface area contributed by atoms with Crippen molar-refractivity contribution in [1.29, 1.82) is 0 Å². The summed E-state index contributed by atoms with van der Waals surface area (Å²) < 4.78 is 21.6. The standard InChI is InChI=1S/C16H20O4S/c1-17-10-12-7-8-21-16(12)15(20-4)11-5-6-13(18-2)14(9-11)19-3/h5-9,15H,10H2,1-4H3. The van der Waals surface area contributed by atoms with E-state index < -0.39 is 0 Å². The van der Waals surface area contributed by atoms with Crippen LogP contribution in [0.3, 0.4) is 0 Å². The Morgan fingerprint density at radius 3 is 2.38 bits per heavy atom. The molecule has 2 aromatic rings. The van der Waals surface area contributed by atoms with Gasteiger partial charge in [0.15, 0.2) is 11.5 Å². The van der Waals surface area contributed by atoms with Gasteiger partial charge in [0.1, 0.15) is 6.10 Å². The van der Waals surface area contributed by atoms with Crippen molar-refractivity contribution in [2.75, 3.05) is 28.4 Å². The number of hydrogen-bond acceptors (Lipinski definition) is 5. The van der Waals surface area contributed by atoms with E-state index in [1.807, 2.05) is 18.2 Å². The van der Waals surface area contributed by atoms with Crippen molar-refractivity contribution in [2.45, 2.75) is 12.7 Å². The Morgan fingerprint density at radius 2 is 1.76 bits per heavy atom. The van der Waals surface area contributed by atoms with Gasteiger partial charge < -0.3 is 18.9 Å². The van der Waals surface area contributed by atoms with E-state index in [9.17, 15) is 0 Å². The van der Waals surface area contributed by atoms with Crippen LogP contribution in [-0.4, -0.2) is 28.4 Å². The maximum Gasteiger partial charge on any atom is 0.161 e. The summed E-state index contributed by atoms with van der Waals surface area (Å²) in [5.74, 6) is 1.40. The lowest BCUT2D eigenvalue weighted by molar-refractivity contribution is 0.133. The highest BCUT2D eigenvalue weighted by Crippen LogP contribution is 2.37. The lowest BCUT2D eigenvalue weighted by atomic mass is 10.0. The molecule has 0 spiro atoms. The highest BCUT2D eigenvalue weighted by atomic mass is 32.1. The summed E-state index contributed by atoms with van der Waals surface area (Å²) in [4.78, 5) is 1.14. The van der Waals surface area contributed by atoms with E-state index in [2.05, 4.69) is 11.4 Å². The highest BCUT2D eigenvalue weighted by Gasteiger charge is 2.20. The molecule has 4 nitrogen and oxygen atoms in total. The van der Waals surface area contributed by atoms with Crippen LogP contribution < -0.4 is 9.47 Å². The van der Waals surface area contributed by atoms with Crippen molar-refractivity contribution in [3.05, 3.63) is 45.6 Å². The minimum absolute atomic E-state index is 0.144. The minimum Gasteiger partial charge on any atom is -0.493 e. The molecule has 0 amide bonds. The zero-order valence-electron chi connectivity index (χ0n) is 12.7. The van der Waals surface area contributed by atoms with E-state index in [0.717, 1.165) is 16.0 Å². The maximum atomic E-state index is 5.70. The first-order chi connectivity index (χ1) is 10.2. The quantitative estimate of drug-likeness (QED) is 0.782. The second-order valence-corrected chi connectivity index (χ2v) is 5.42. The molecule has 5 heteroatoms. The van der Waals surface area contributed by atoms with Crippen LogP contribution in [0, 0.1) is 0 Å². The fourth-order valence-corrected chi connectivity index (χ4v) is 3.28. The van der Waals surface area contributed by atoms with Crippen LogP contribution in [0.15, 0.2) is 29.6 Å². The molecular formula is C16H20O4S. The summed E-state index contributed by atoms with van der Waals surface area (Å²) in [6.07, 6.45) is -0.144. The van der Waals surface area contributed by atoms with Gasteiger partial charge in [-0.05, 0) is 34.7 Å². The molecule has 1 heterocycles. The number of thiophene rings is 1. The first-order valence-electron chi connectivity index (χ1n) is 6.55. The van der Waals surface area contributed by atoms with Crippen LogP contribution in [0.4, 0.5) is 0 Å². The lowest BCUT2D eigenvalue weighted by Crippen LogP contribution is -2.05. The molecule has 1 aromatic carbocycles. The van der Waals surface area contributed by atoms with Crippen molar-refractivity contribution >= 4 is 11.3 Å². The summed E-state index contributed by atoms with van der Waals surface area (Å²) in [6, 6.07) is 7.90. The first-order valence-corrected chi connectivity index (χ1v) is 7.43. The summed E-state index contributed by atoms with van der Waals surface area (Å²) in [7, 11) is 6.66. The molecule has 1 aromatic heterocycles. The molecule has 1 unspecified atom stereocenters. The topological polar surface area (TPSA) is 36.9 Å². The van der Waals surface area contributed by atoms with E-state index in [0.29, 0.717) is 18.1 Å². The highest BCUT2D eigenvalue weighted by molar-refractivity contribution is 7.10. The van der Waals surface area contributed by atoms with E-state index in [4.69, 9.17) is 18.9 Å². The molecule has 21 heavy (non-hydrogen) atoms. The Bertz CT molecular complexity index is 579. The Kier molecular flexibility index (Phi) is 5.61. The average molecular weight is 308 g/mol. The third-order valence-corrected chi connectivity index (χ3v) is 4.27. The average Bonchev–Trinajstić information content (AvgIpc) is 2.96. The summed E-state index contributed by atoms with van der Waals surface area (Å²) >= 11 is 1.66. The molecule has 0 bridgehead atoms. The Hall–Kier alpha value is -1.56. The van der Waals surface area contributed by atoms with Gasteiger partial charge in [0.05, 0.1) is 20.8 Å². The summed E-state index contributed by atoms with van der Waals surface area (Å²) in [5.41, 5.74) is 2.17. The van der Waals surface area contributed by atoms with Crippen molar-refractivity contribution in [1.82, 2.24) is 0 Å². The molecule has 0 saturated carbocycles. The zero-order chi connectivity index (χ0) is 15.2. The van der Waals surface area contributed by atoms with Crippen molar-refractivity contribution in [3.63, 3.8) is 0 Å². The van der Waals surface area contributed by atoms with E-state index in [1.54, 1.807) is 39.8 Å². The second-order valence-electron chi connectivity index (χ2n) is 4.47. The van der Waals surface area contributed by atoms with Gasteiger partial charge in [-0.15, -0.1) is 11.3 Å². The third kappa shape index (κ3) is 3.37.